The van der Waals surface area contributed by atoms with E-state index in [-0.39, 0.29) is 30.1 Å². The summed E-state index contributed by atoms with van der Waals surface area (Å²) in [5.41, 5.74) is 3.84. The second-order valence-electron chi connectivity index (χ2n) is 7.65. The molecule has 0 radical (unpaired) electrons. The molecule has 5 nitrogen and oxygen atoms in total. The zero-order valence-corrected chi connectivity index (χ0v) is 19.8. The van der Waals surface area contributed by atoms with Gasteiger partial charge in [-0.1, -0.05) is 54.6 Å². The van der Waals surface area contributed by atoms with E-state index in [0.717, 1.165) is 45.0 Å². The summed E-state index contributed by atoms with van der Waals surface area (Å²) >= 11 is 0. The van der Waals surface area contributed by atoms with E-state index in [1.54, 1.807) is 0 Å². The maximum absolute atomic E-state index is 9.72. The first kappa shape index (κ1) is 23.6. The molecule has 0 spiro atoms. The molecular weight excluding hydrogens is 475 g/mol. The number of benzene rings is 2. The van der Waals surface area contributed by atoms with E-state index in [2.05, 4.69) is 46.6 Å². The third-order valence-corrected chi connectivity index (χ3v) is 5.18. The van der Waals surface area contributed by atoms with Crippen LogP contribution in [0.15, 0.2) is 59.6 Å². The number of aliphatic hydroxyl groups excluding tert-OH is 1. The highest BCUT2D eigenvalue weighted by atomic mass is 127. The second-order valence-corrected chi connectivity index (χ2v) is 7.65. The lowest BCUT2D eigenvalue weighted by molar-refractivity contribution is 0.0791. The summed E-state index contributed by atoms with van der Waals surface area (Å²) in [5, 5.41) is 13.2. The van der Waals surface area contributed by atoms with Crippen LogP contribution in [0.25, 0.3) is 0 Å². The van der Waals surface area contributed by atoms with Gasteiger partial charge in [-0.05, 0) is 29.5 Å². The molecule has 1 aliphatic heterocycles. The van der Waals surface area contributed by atoms with Gasteiger partial charge in [-0.2, -0.15) is 0 Å². The summed E-state index contributed by atoms with van der Waals surface area (Å²) < 4.78 is 0. The topological polar surface area (TPSA) is 51.1 Å². The van der Waals surface area contributed by atoms with Gasteiger partial charge in [0.1, 0.15) is 0 Å². The van der Waals surface area contributed by atoms with Crippen molar-refractivity contribution in [2.24, 2.45) is 4.99 Å². The maximum atomic E-state index is 9.72. The summed E-state index contributed by atoms with van der Waals surface area (Å²) in [5.74, 6) is 0.889. The molecule has 158 valence electrons. The summed E-state index contributed by atoms with van der Waals surface area (Å²) in [6.07, 6.45) is 1.62. The molecule has 1 aliphatic rings. The molecule has 0 bridgehead atoms. The SMILES string of the molecule is CN(C)C(=NCc1ccccc1)NCc1ccccc1CN1CCC(O)CC1.I. The first-order chi connectivity index (χ1) is 13.6. The quantitative estimate of drug-likeness (QED) is 0.357. The average Bonchev–Trinajstić information content (AvgIpc) is 2.71. The van der Waals surface area contributed by atoms with Gasteiger partial charge in [0.25, 0.3) is 0 Å². The van der Waals surface area contributed by atoms with Crippen molar-refractivity contribution in [1.29, 1.82) is 0 Å². The minimum atomic E-state index is -0.128. The smallest absolute Gasteiger partial charge is 0.194 e. The molecule has 29 heavy (non-hydrogen) atoms. The largest absolute Gasteiger partial charge is 0.393 e. The van der Waals surface area contributed by atoms with Crippen LogP contribution in [0.1, 0.15) is 29.5 Å². The Hall–Kier alpha value is -1.64. The van der Waals surface area contributed by atoms with E-state index in [9.17, 15) is 5.11 Å². The van der Waals surface area contributed by atoms with Gasteiger partial charge in [0.15, 0.2) is 5.96 Å². The van der Waals surface area contributed by atoms with Gasteiger partial charge < -0.3 is 15.3 Å². The summed E-state index contributed by atoms with van der Waals surface area (Å²) in [7, 11) is 4.03. The molecule has 2 aromatic carbocycles. The van der Waals surface area contributed by atoms with E-state index < -0.39 is 0 Å². The Kier molecular flexibility index (Phi) is 9.90. The molecule has 0 atom stereocenters. The first-order valence-corrected chi connectivity index (χ1v) is 10.1. The number of aliphatic hydroxyl groups is 1. The molecule has 0 saturated carbocycles. The third-order valence-electron chi connectivity index (χ3n) is 5.18. The predicted molar refractivity (Wildman–Crippen MR) is 130 cm³/mol. The molecule has 0 unspecified atom stereocenters. The van der Waals surface area contributed by atoms with Crippen LogP contribution in [-0.4, -0.2) is 54.2 Å². The minimum Gasteiger partial charge on any atom is -0.393 e. The van der Waals surface area contributed by atoms with E-state index in [0.29, 0.717) is 6.54 Å². The Bertz CT molecular complexity index is 758. The third kappa shape index (κ3) is 7.60. The van der Waals surface area contributed by atoms with Crippen molar-refractivity contribution in [3.63, 3.8) is 0 Å². The van der Waals surface area contributed by atoms with Gasteiger partial charge in [0.2, 0.25) is 0 Å². The second kappa shape index (κ2) is 12.1. The molecular formula is C23H33IN4O. The molecule has 3 rings (SSSR count). The van der Waals surface area contributed by atoms with Crippen LogP contribution in [0.5, 0.6) is 0 Å². The number of piperidine rings is 1. The Morgan fingerprint density at radius 2 is 1.66 bits per heavy atom. The number of likely N-dealkylation sites (tertiary alicyclic amines) is 1. The summed E-state index contributed by atoms with van der Waals surface area (Å²) in [6.45, 7) is 4.27. The van der Waals surface area contributed by atoms with Crippen LogP contribution in [-0.2, 0) is 19.6 Å². The molecule has 0 aliphatic carbocycles. The molecule has 6 heteroatoms. The number of nitrogens with one attached hydrogen (secondary N) is 1. The van der Waals surface area contributed by atoms with Crippen molar-refractivity contribution in [2.75, 3.05) is 27.2 Å². The zero-order valence-electron chi connectivity index (χ0n) is 17.4. The number of guanidine groups is 1. The monoisotopic (exact) mass is 508 g/mol. The highest BCUT2D eigenvalue weighted by molar-refractivity contribution is 14.0. The van der Waals surface area contributed by atoms with Crippen molar-refractivity contribution in [2.45, 2.75) is 38.6 Å². The fourth-order valence-corrected chi connectivity index (χ4v) is 3.48. The Morgan fingerprint density at radius 1 is 1.03 bits per heavy atom. The van der Waals surface area contributed by atoms with Gasteiger partial charge in [-0.15, -0.1) is 24.0 Å². The van der Waals surface area contributed by atoms with Gasteiger partial charge in [0, 0.05) is 40.3 Å². The predicted octanol–water partition coefficient (Wildman–Crippen LogP) is 3.47. The highest BCUT2D eigenvalue weighted by Crippen LogP contribution is 2.16. The van der Waals surface area contributed by atoms with E-state index in [4.69, 9.17) is 4.99 Å². The first-order valence-electron chi connectivity index (χ1n) is 10.1. The van der Waals surface area contributed by atoms with Gasteiger partial charge in [0.05, 0.1) is 12.6 Å². The van der Waals surface area contributed by atoms with Crippen LogP contribution in [0, 0.1) is 0 Å². The summed E-state index contributed by atoms with van der Waals surface area (Å²) in [6, 6.07) is 18.9. The normalized spacial score (nSPS) is 15.6. The van der Waals surface area contributed by atoms with Crippen LogP contribution in [0.3, 0.4) is 0 Å². The standard InChI is InChI=1S/C23H32N4O.HI/c1-26(2)23(24-16-19-8-4-3-5-9-19)25-17-20-10-6-7-11-21(20)18-27-14-12-22(28)13-15-27;/h3-11,22,28H,12-18H2,1-2H3,(H,24,25);1H. The molecule has 1 saturated heterocycles. The van der Waals surface area contributed by atoms with Gasteiger partial charge in [-0.3, -0.25) is 4.90 Å². The number of hydrogen-bond donors (Lipinski definition) is 2. The molecule has 1 heterocycles. The van der Waals surface area contributed by atoms with Crippen molar-refractivity contribution in [1.82, 2.24) is 15.1 Å². The molecule has 2 N–H and O–H groups in total. The fourth-order valence-electron chi connectivity index (χ4n) is 3.48. The van der Waals surface area contributed by atoms with Crippen LogP contribution in [0.4, 0.5) is 0 Å². The van der Waals surface area contributed by atoms with E-state index in [1.807, 2.05) is 37.2 Å². The lowest BCUT2D eigenvalue weighted by Gasteiger charge is -2.30. The molecule has 0 amide bonds. The van der Waals surface area contributed by atoms with Gasteiger partial charge >= 0.3 is 0 Å². The lowest BCUT2D eigenvalue weighted by Crippen LogP contribution is -2.37. The zero-order chi connectivity index (χ0) is 19.8. The van der Waals surface area contributed by atoms with Crippen LogP contribution >= 0.6 is 24.0 Å². The van der Waals surface area contributed by atoms with Gasteiger partial charge in [-0.25, -0.2) is 4.99 Å². The Labute approximate surface area is 191 Å². The average molecular weight is 508 g/mol. The number of rotatable bonds is 6. The highest BCUT2D eigenvalue weighted by Gasteiger charge is 2.17. The molecule has 2 aromatic rings. The van der Waals surface area contributed by atoms with Crippen molar-refractivity contribution in [3.05, 3.63) is 71.3 Å². The fraction of sp³-hybridized carbons (Fsp3) is 0.435. The minimum absolute atomic E-state index is 0. The van der Waals surface area contributed by atoms with E-state index >= 15 is 0 Å². The number of nitrogens with zero attached hydrogens (tertiary/aromatic N) is 3. The van der Waals surface area contributed by atoms with Crippen molar-refractivity contribution >= 4 is 29.9 Å². The van der Waals surface area contributed by atoms with Crippen LogP contribution < -0.4 is 5.32 Å². The Morgan fingerprint density at radius 3 is 2.31 bits per heavy atom. The van der Waals surface area contributed by atoms with Crippen molar-refractivity contribution in [3.8, 4) is 0 Å². The molecule has 1 fully saturated rings. The summed E-state index contributed by atoms with van der Waals surface area (Å²) in [4.78, 5) is 9.21. The molecule has 0 aromatic heterocycles. The number of aliphatic imine (C=N–C) groups is 1. The van der Waals surface area contributed by atoms with Crippen LogP contribution in [0.2, 0.25) is 0 Å². The van der Waals surface area contributed by atoms with Crippen molar-refractivity contribution < 1.29 is 5.11 Å². The Balaban J connectivity index is 0.00000300. The number of halogens is 1. The lowest BCUT2D eigenvalue weighted by atomic mass is 10.0. The maximum Gasteiger partial charge on any atom is 0.194 e. The number of hydrogen-bond acceptors (Lipinski definition) is 3. The van der Waals surface area contributed by atoms with E-state index in [1.165, 1.54) is 16.7 Å².